The van der Waals surface area contributed by atoms with Gasteiger partial charge in [-0.15, -0.1) is 0 Å². The van der Waals surface area contributed by atoms with Gasteiger partial charge in [0.05, 0.1) is 17.2 Å². The van der Waals surface area contributed by atoms with Crippen molar-refractivity contribution in [3.8, 4) is 0 Å². The Morgan fingerprint density at radius 2 is 1.95 bits per heavy atom. The van der Waals surface area contributed by atoms with Crippen LogP contribution < -0.4 is 4.90 Å². The molecule has 2 nitrogen and oxygen atoms in total. The summed E-state index contributed by atoms with van der Waals surface area (Å²) >= 11 is 0. The van der Waals surface area contributed by atoms with E-state index in [4.69, 9.17) is 0 Å². The molecule has 0 saturated heterocycles. The number of likely N-dealkylation sites (N-methyl/N-ethyl adjacent to an activating group) is 1. The molecule has 5 heteroatoms. The van der Waals surface area contributed by atoms with Crippen molar-refractivity contribution in [3.05, 3.63) is 29.3 Å². The molecule has 1 N–H and O–H groups in total. The Morgan fingerprint density at radius 1 is 1.32 bits per heavy atom. The van der Waals surface area contributed by atoms with Crippen molar-refractivity contribution in [2.45, 2.75) is 45.0 Å². The van der Waals surface area contributed by atoms with Gasteiger partial charge in [-0.2, -0.15) is 13.2 Å². The number of hydrogen-bond acceptors (Lipinski definition) is 2. The topological polar surface area (TPSA) is 23.5 Å². The number of anilines is 1. The lowest BCUT2D eigenvalue weighted by Gasteiger charge is -2.35. The van der Waals surface area contributed by atoms with Gasteiger partial charge in [0.25, 0.3) is 0 Å². The van der Waals surface area contributed by atoms with Crippen molar-refractivity contribution in [2.24, 2.45) is 0 Å². The van der Waals surface area contributed by atoms with Crippen LogP contribution in [0.4, 0.5) is 18.9 Å². The second-order valence-electron chi connectivity index (χ2n) is 5.50. The van der Waals surface area contributed by atoms with Gasteiger partial charge in [0.1, 0.15) is 0 Å². The van der Waals surface area contributed by atoms with Crippen molar-refractivity contribution in [1.82, 2.24) is 0 Å². The second-order valence-corrected chi connectivity index (χ2v) is 5.50. The maximum atomic E-state index is 12.8. The largest absolute Gasteiger partial charge is 0.416 e. The lowest BCUT2D eigenvalue weighted by Crippen LogP contribution is -2.47. The van der Waals surface area contributed by atoms with Gasteiger partial charge in [-0.3, -0.25) is 0 Å². The van der Waals surface area contributed by atoms with Crippen LogP contribution in [-0.2, 0) is 12.6 Å². The Kier molecular flexibility index (Phi) is 3.29. The molecule has 0 saturated carbocycles. The van der Waals surface area contributed by atoms with Crippen molar-refractivity contribution in [2.75, 3.05) is 11.4 Å². The SMILES string of the molecule is CCN1c2cc(C(F)(F)F)ccc2CC1C(C)(C)O. The summed E-state index contributed by atoms with van der Waals surface area (Å²) in [7, 11) is 0. The summed E-state index contributed by atoms with van der Waals surface area (Å²) in [5.41, 5.74) is -0.138. The van der Waals surface area contributed by atoms with E-state index in [1.807, 2.05) is 11.8 Å². The number of benzene rings is 1. The summed E-state index contributed by atoms with van der Waals surface area (Å²) in [4.78, 5) is 1.85. The molecule has 0 bridgehead atoms. The van der Waals surface area contributed by atoms with E-state index in [-0.39, 0.29) is 6.04 Å². The first-order valence-electron chi connectivity index (χ1n) is 6.33. The molecule has 1 unspecified atom stereocenters. The Morgan fingerprint density at radius 3 is 2.42 bits per heavy atom. The molecule has 0 aliphatic carbocycles. The minimum Gasteiger partial charge on any atom is -0.388 e. The van der Waals surface area contributed by atoms with Crippen LogP contribution in [0.3, 0.4) is 0 Å². The first kappa shape index (κ1) is 14.2. The minimum absolute atomic E-state index is 0.184. The summed E-state index contributed by atoms with van der Waals surface area (Å²) in [6, 6.07) is 3.63. The van der Waals surface area contributed by atoms with E-state index in [0.717, 1.165) is 11.6 Å². The molecule has 1 atom stereocenters. The van der Waals surface area contributed by atoms with Crippen LogP contribution in [0.2, 0.25) is 0 Å². The highest BCUT2D eigenvalue weighted by molar-refractivity contribution is 5.62. The van der Waals surface area contributed by atoms with Crippen LogP contribution >= 0.6 is 0 Å². The molecule has 0 fully saturated rings. The third kappa shape index (κ3) is 2.56. The highest BCUT2D eigenvalue weighted by Crippen LogP contribution is 2.40. The van der Waals surface area contributed by atoms with Crippen molar-refractivity contribution < 1.29 is 18.3 Å². The standard InChI is InChI=1S/C14H18F3NO/c1-4-18-11-8-10(14(15,16)17)6-5-9(11)7-12(18)13(2,3)19/h5-6,8,12,19H,4,7H2,1-3H3. The molecule has 0 amide bonds. The maximum Gasteiger partial charge on any atom is 0.416 e. The van der Waals surface area contributed by atoms with E-state index in [1.54, 1.807) is 13.8 Å². The molecule has 106 valence electrons. The van der Waals surface area contributed by atoms with Crippen molar-refractivity contribution >= 4 is 5.69 Å². The first-order valence-corrected chi connectivity index (χ1v) is 6.33. The van der Waals surface area contributed by atoms with E-state index >= 15 is 0 Å². The number of nitrogens with zero attached hydrogens (tertiary/aromatic N) is 1. The predicted molar refractivity (Wildman–Crippen MR) is 68.3 cm³/mol. The Hall–Kier alpha value is -1.23. The van der Waals surface area contributed by atoms with Gasteiger partial charge < -0.3 is 10.0 Å². The zero-order chi connectivity index (χ0) is 14.4. The Bertz CT molecular complexity index is 477. The third-order valence-electron chi connectivity index (χ3n) is 3.67. The smallest absolute Gasteiger partial charge is 0.388 e. The maximum absolute atomic E-state index is 12.8. The van der Waals surface area contributed by atoms with E-state index in [2.05, 4.69) is 0 Å². The molecule has 0 aromatic heterocycles. The summed E-state index contributed by atoms with van der Waals surface area (Å²) in [5, 5.41) is 10.2. The fourth-order valence-electron chi connectivity index (χ4n) is 2.69. The van der Waals surface area contributed by atoms with Gasteiger partial charge in [-0.1, -0.05) is 6.07 Å². The number of hydrogen-bond donors (Lipinski definition) is 1. The summed E-state index contributed by atoms with van der Waals surface area (Å²) in [6.07, 6.45) is -3.76. The first-order chi connectivity index (χ1) is 8.64. The minimum atomic E-state index is -4.33. The average Bonchev–Trinajstić information content (AvgIpc) is 2.64. The van der Waals surface area contributed by atoms with Gasteiger partial charge in [-0.05, 0) is 44.9 Å². The number of aliphatic hydroxyl groups is 1. The summed E-state index contributed by atoms with van der Waals surface area (Å²) in [5.74, 6) is 0. The zero-order valence-electron chi connectivity index (χ0n) is 11.3. The van der Waals surface area contributed by atoms with Crippen LogP contribution in [0.5, 0.6) is 0 Å². The van der Waals surface area contributed by atoms with Gasteiger partial charge in [0.15, 0.2) is 0 Å². The van der Waals surface area contributed by atoms with E-state index in [0.29, 0.717) is 18.7 Å². The molecule has 1 heterocycles. The second kappa shape index (κ2) is 4.40. The van der Waals surface area contributed by atoms with E-state index < -0.39 is 17.3 Å². The molecular formula is C14H18F3NO. The normalized spacial score (nSPS) is 19.7. The lowest BCUT2D eigenvalue weighted by molar-refractivity contribution is -0.137. The molecule has 1 aliphatic heterocycles. The number of fused-ring (bicyclic) bond motifs is 1. The molecule has 0 radical (unpaired) electrons. The fourth-order valence-corrected chi connectivity index (χ4v) is 2.69. The van der Waals surface area contributed by atoms with Gasteiger partial charge in [0, 0.05) is 12.2 Å². The molecule has 1 aliphatic rings. The molecule has 0 spiro atoms. The van der Waals surface area contributed by atoms with Gasteiger partial charge in [-0.25, -0.2) is 0 Å². The van der Waals surface area contributed by atoms with Crippen molar-refractivity contribution in [1.29, 1.82) is 0 Å². The highest BCUT2D eigenvalue weighted by Gasteiger charge is 2.39. The van der Waals surface area contributed by atoms with Crippen LogP contribution in [0.15, 0.2) is 18.2 Å². The Labute approximate surface area is 110 Å². The summed E-state index contributed by atoms with van der Waals surface area (Å²) < 4.78 is 38.3. The zero-order valence-corrected chi connectivity index (χ0v) is 11.3. The number of alkyl halides is 3. The lowest BCUT2D eigenvalue weighted by atomic mass is 9.95. The highest BCUT2D eigenvalue weighted by atomic mass is 19.4. The average molecular weight is 273 g/mol. The molecule has 2 rings (SSSR count). The number of rotatable bonds is 2. The number of halogens is 3. The van der Waals surface area contributed by atoms with Crippen LogP contribution in [0, 0.1) is 0 Å². The monoisotopic (exact) mass is 273 g/mol. The molecule has 1 aromatic rings. The Balaban J connectivity index is 2.43. The fraction of sp³-hybridized carbons (Fsp3) is 0.571. The summed E-state index contributed by atoms with van der Waals surface area (Å²) in [6.45, 7) is 5.84. The predicted octanol–water partition coefficient (Wildman–Crippen LogP) is 3.23. The van der Waals surface area contributed by atoms with Crippen LogP contribution in [-0.4, -0.2) is 23.3 Å². The van der Waals surface area contributed by atoms with Crippen molar-refractivity contribution in [3.63, 3.8) is 0 Å². The molecule has 19 heavy (non-hydrogen) atoms. The van der Waals surface area contributed by atoms with E-state index in [9.17, 15) is 18.3 Å². The molecular weight excluding hydrogens is 255 g/mol. The van der Waals surface area contributed by atoms with Gasteiger partial charge >= 0.3 is 6.18 Å². The van der Waals surface area contributed by atoms with E-state index in [1.165, 1.54) is 12.1 Å². The third-order valence-corrected chi connectivity index (χ3v) is 3.67. The van der Waals surface area contributed by atoms with Crippen LogP contribution in [0.1, 0.15) is 31.9 Å². The van der Waals surface area contributed by atoms with Gasteiger partial charge in [0.2, 0.25) is 0 Å². The molecule has 1 aromatic carbocycles. The van der Waals surface area contributed by atoms with Crippen LogP contribution in [0.25, 0.3) is 0 Å². The quantitative estimate of drug-likeness (QED) is 0.894.